The van der Waals surface area contributed by atoms with Gasteiger partial charge in [-0.3, -0.25) is 4.79 Å². The first-order chi connectivity index (χ1) is 2.64. The van der Waals surface area contributed by atoms with Crippen molar-refractivity contribution in [3.8, 4) is 0 Å². The number of hydrogen-bond donors (Lipinski definition) is 1. The predicted octanol–water partition coefficient (Wildman–Crippen LogP) is -0.544. The minimum Gasteiger partial charge on any atom is -0.475 e. The van der Waals surface area contributed by atoms with E-state index < -0.39 is 11.2 Å². The summed E-state index contributed by atoms with van der Waals surface area (Å²) in [6.45, 7) is 0. The summed E-state index contributed by atoms with van der Waals surface area (Å²) in [5.74, 6) is -1.61. The van der Waals surface area contributed by atoms with E-state index in [2.05, 4.69) is 11.6 Å². The van der Waals surface area contributed by atoms with Gasteiger partial charge in [0.1, 0.15) is 0 Å². The van der Waals surface area contributed by atoms with E-state index >= 15 is 0 Å². The predicted molar refractivity (Wildman–Crippen MR) is 24.2 cm³/mol. The zero-order valence-electron chi connectivity index (χ0n) is 3.64. The Labute approximate surface area is 66.9 Å². The van der Waals surface area contributed by atoms with Crippen LogP contribution in [0.1, 0.15) is 0 Å². The van der Waals surface area contributed by atoms with E-state index in [9.17, 15) is 9.59 Å². The van der Waals surface area contributed by atoms with Gasteiger partial charge in [0.15, 0.2) is 0 Å². The number of carbonyl (C=O) groups is 2. The summed E-state index contributed by atoms with van der Waals surface area (Å²) < 4.78 is 0. The molecular formula is C2HClNaO3. The first-order valence-corrected chi connectivity index (χ1v) is 1.45. The molecule has 35 valence electrons. The Morgan fingerprint density at radius 1 is 1.43 bits per heavy atom. The Hall–Kier alpha value is 0.430. The number of rotatable bonds is 1. The van der Waals surface area contributed by atoms with Crippen molar-refractivity contribution >= 4 is 52.4 Å². The van der Waals surface area contributed by atoms with Gasteiger partial charge in [-0.15, -0.1) is 0 Å². The maximum absolute atomic E-state index is 9.31. The Morgan fingerprint density at radius 3 is 1.57 bits per heavy atom. The molecule has 0 aliphatic heterocycles. The molecule has 0 saturated heterocycles. The third-order valence-corrected chi connectivity index (χ3v) is 0.330. The van der Waals surface area contributed by atoms with Gasteiger partial charge in [0.25, 0.3) is 0 Å². The van der Waals surface area contributed by atoms with Gasteiger partial charge >= 0.3 is 11.2 Å². The standard InChI is InChI=1S/C2HClO3.Na/c3-1(4)2(5)6;/h(H,5,6);. The largest absolute Gasteiger partial charge is 0.475 e. The van der Waals surface area contributed by atoms with Crippen LogP contribution in [0.5, 0.6) is 0 Å². The van der Waals surface area contributed by atoms with Crippen molar-refractivity contribution < 1.29 is 14.7 Å². The Bertz CT molecular complexity index is 78.9. The van der Waals surface area contributed by atoms with Gasteiger partial charge in [0, 0.05) is 29.6 Å². The molecule has 0 aromatic heterocycles. The monoisotopic (exact) mass is 131 g/mol. The molecule has 0 aliphatic carbocycles. The van der Waals surface area contributed by atoms with Gasteiger partial charge < -0.3 is 5.11 Å². The van der Waals surface area contributed by atoms with Gasteiger partial charge in [-0.25, -0.2) is 4.79 Å². The first-order valence-electron chi connectivity index (χ1n) is 1.07. The minimum absolute atomic E-state index is 0. The fraction of sp³-hybridized carbons (Fsp3) is 0. The molecule has 0 saturated carbocycles. The van der Waals surface area contributed by atoms with E-state index in [0.717, 1.165) is 0 Å². The quantitative estimate of drug-likeness (QED) is 0.295. The smallest absolute Gasteiger partial charge is 0.388 e. The van der Waals surface area contributed by atoms with Crippen LogP contribution in [0.4, 0.5) is 0 Å². The molecule has 1 radical (unpaired) electrons. The molecule has 0 fully saturated rings. The van der Waals surface area contributed by atoms with E-state index in [1.165, 1.54) is 0 Å². The number of carboxylic acids is 1. The second-order valence-corrected chi connectivity index (χ2v) is 0.922. The molecule has 3 nitrogen and oxygen atoms in total. The molecule has 0 aliphatic rings. The summed E-state index contributed by atoms with van der Waals surface area (Å²) in [6.07, 6.45) is 0. The van der Waals surface area contributed by atoms with Crippen molar-refractivity contribution in [3.63, 3.8) is 0 Å². The third kappa shape index (κ3) is 6.43. The maximum Gasteiger partial charge on any atom is 0.388 e. The van der Waals surface area contributed by atoms with E-state index in [0.29, 0.717) is 0 Å². The van der Waals surface area contributed by atoms with Crippen LogP contribution >= 0.6 is 11.6 Å². The molecule has 0 aromatic carbocycles. The van der Waals surface area contributed by atoms with Gasteiger partial charge in [-0.2, -0.15) is 0 Å². The average Bonchev–Trinajstić information content (AvgIpc) is 1.36. The van der Waals surface area contributed by atoms with Gasteiger partial charge in [0.05, 0.1) is 0 Å². The van der Waals surface area contributed by atoms with Gasteiger partial charge in [0.2, 0.25) is 0 Å². The Morgan fingerprint density at radius 2 is 1.57 bits per heavy atom. The Kier molecular flexibility index (Phi) is 6.82. The van der Waals surface area contributed by atoms with Gasteiger partial charge in [-0.1, -0.05) is 0 Å². The van der Waals surface area contributed by atoms with Crippen LogP contribution in [0.15, 0.2) is 0 Å². The van der Waals surface area contributed by atoms with Crippen LogP contribution in [0, 0.1) is 0 Å². The number of carboxylic acid groups (broad SMARTS) is 1. The molecule has 0 heterocycles. The maximum atomic E-state index is 9.31. The normalized spacial score (nSPS) is 6.43. The fourth-order valence-corrected chi connectivity index (χ4v) is 0. The van der Waals surface area contributed by atoms with Crippen molar-refractivity contribution in [1.82, 2.24) is 0 Å². The van der Waals surface area contributed by atoms with E-state index in [-0.39, 0.29) is 29.6 Å². The van der Waals surface area contributed by atoms with Crippen LogP contribution in [0.3, 0.4) is 0 Å². The molecule has 7 heavy (non-hydrogen) atoms. The number of halogens is 1. The SMILES string of the molecule is O=C(O)C(=O)Cl.[Na]. The first kappa shape index (κ1) is 10.4. The third-order valence-electron chi connectivity index (χ3n) is 0.168. The summed E-state index contributed by atoms with van der Waals surface area (Å²) >= 11 is 4.37. The summed E-state index contributed by atoms with van der Waals surface area (Å²) in [4.78, 5) is 18.5. The van der Waals surface area contributed by atoms with Crippen LogP contribution in [0.25, 0.3) is 0 Å². The molecule has 5 heteroatoms. The second-order valence-electron chi connectivity index (χ2n) is 0.579. The molecule has 0 amide bonds. The Balaban J connectivity index is 0. The van der Waals surface area contributed by atoms with Gasteiger partial charge in [-0.05, 0) is 11.6 Å². The van der Waals surface area contributed by atoms with Crippen molar-refractivity contribution in [2.24, 2.45) is 0 Å². The van der Waals surface area contributed by atoms with Crippen molar-refractivity contribution in [2.45, 2.75) is 0 Å². The number of carbonyl (C=O) groups excluding carboxylic acids is 1. The summed E-state index contributed by atoms with van der Waals surface area (Å²) in [5, 5.41) is 6.16. The molecule has 0 spiro atoms. The zero-order chi connectivity index (χ0) is 5.15. The van der Waals surface area contributed by atoms with Crippen molar-refractivity contribution in [3.05, 3.63) is 0 Å². The number of aliphatic carboxylic acids is 1. The molecule has 0 aromatic rings. The van der Waals surface area contributed by atoms with E-state index in [4.69, 9.17) is 5.11 Å². The van der Waals surface area contributed by atoms with Crippen LogP contribution < -0.4 is 0 Å². The fourth-order valence-electron chi connectivity index (χ4n) is 0. The van der Waals surface area contributed by atoms with Crippen molar-refractivity contribution in [2.75, 3.05) is 0 Å². The van der Waals surface area contributed by atoms with E-state index in [1.807, 2.05) is 0 Å². The molecule has 0 unspecified atom stereocenters. The topological polar surface area (TPSA) is 54.4 Å². The second kappa shape index (κ2) is 4.59. The molecule has 1 N–H and O–H groups in total. The molecule has 0 bridgehead atoms. The summed E-state index contributed by atoms with van der Waals surface area (Å²) in [5.41, 5.74) is 0. The summed E-state index contributed by atoms with van der Waals surface area (Å²) in [7, 11) is 0. The van der Waals surface area contributed by atoms with Crippen LogP contribution in [-0.4, -0.2) is 45.9 Å². The van der Waals surface area contributed by atoms with Crippen LogP contribution in [-0.2, 0) is 9.59 Å². The van der Waals surface area contributed by atoms with E-state index in [1.54, 1.807) is 0 Å². The molecule has 0 atom stereocenters. The zero-order valence-corrected chi connectivity index (χ0v) is 6.40. The summed E-state index contributed by atoms with van der Waals surface area (Å²) in [6, 6.07) is 0. The molecular weight excluding hydrogens is 130 g/mol. The molecule has 0 rings (SSSR count). The van der Waals surface area contributed by atoms with Crippen LogP contribution in [0.2, 0.25) is 0 Å². The number of hydrogen-bond acceptors (Lipinski definition) is 2. The van der Waals surface area contributed by atoms with Crippen molar-refractivity contribution in [1.29, 1.82) is 0 Å². The average molecular weight is 131 g/mol. The minimum atomic E-state index is -1.61.